The zero-order valence-electron chi connectivity index (χ0n) is 53.8. The van der Waals surface area contributed by atoms with Crippen LogP contribution in [-0.4, -0.2) is 203 Å². The average molecular weight is 1330 g/mol. The van der Waals surface area contributed by atoms with Crippen molar-refractivity contribution in [3.63, 3.8) is 0 Å². The molecule has 2 fully saturated rings. The van der Waals surface area contributed by atoms with E-state index < -0.39 is 151 Å². The molecule has 11 amide bonds. The van der Waals surface area contributed by atoms with Gasteiger partial charge in [0.05, 0.1) is 6.04 Å². The number of carboxylic acids is 1. The van der Waals surface area contributed by atoms with Gasteiger partial charge in [-0.1, -0.05) is 44.2 Å². The smallest absolute Gasteiger partial charge is 0.326 e. The molecule has 2 saturated heterocycles. The Morgan fingerprint density at radius 1 is 0.489 bits per heavy atom. The number of rotatable bonds is 43. The fourth-order valence-electron chi connectivity index (χ4n) is 10.7. The second kappa shape index (κ2) is 41.2. The number of hydrogen-bond donors (Lipinski definition) is 18. The number of nitrogens with two attached hydrogens (primary N) is 10. The highest BCUT2D eigenvalue weighted by Crippen LogP contribution is 2.24. The van der Waals surface area contributed by atoms with Crippen LogP contribution in [0.15, 0.2) is 45.3 Å². The number of amides is 11. The number of aliphatic imine (C=N–C) groups is 3. The molecule has 0 aliphatic carbocycles. The SMILES string of the molecule is CC(C)C[C@H](NC(=O)[C@@H](N)CCCN=C(N)N)C(=O)N[C@@H](CCCN=C(N)N)C(=O)N[C@@H](CCCN=C(N)N)C(=O)N1CCC[C@H]1C(=O)N[C@@H](CCCCN)C(=O)N1CCC[C@H]1C(=O)N[C@@H](CCC(N)=O)C(=O)N[C@@H](CCC(N)=O)C(=O)N[C@@H](Cc1ccccc1)C(=O)O. The highest BCUT2D eigenvalue weighted by atomic mass is 16.4. The molecule has 3 rings (SSSR count). The number of carbonyl (C=O) groups excluding carboxylic acids is 11. The predicted octanol–water partition coefficient (Wildman–Crippen LogP) is -6.12. The first-order valence-corrected chi connectivity index (χ1v) is 31.7. The maximum Gasteiger partial charge on any atom is 0.326 e. The number of benzene rings is 1. The number of carboxylic acid groups (broad SMARTS) is 1. The molecule has 0 bridgehead atoms. The Labute approximate surface area is 546 Å². The summed E-state index contributed by atoms with van der Waals surface area (Å²) in [6.45, 7) is 4.25. The molecular formula is C59H100N22O13. The molecule has 0 unspecified atom stereocenters. The van der Waals surface area contributed by atoms with E-state index in [4.69, 9.17) is 57.3 Å². The number of nitrogens with zero attached hydrogens (tertiary/aromatic N) is 5. The van der Waals surface area contributed by atoms with E-state index in [0.717, 1.165) is 0 Å². The van der Waals surface area contributed by atoms with Crippen molar-refractivity contribution >= 4 is 88.8 Å². The van der Waals surface area contributed by atoms with E-state index >= 15 is 0 Å². The van der Waals surface area contributed by atoms with Crippen LogP contribution in [0.4, 0.5) is 0 Å². The van der Waals surface area contributed by atoms with Crippen LogP contribution >= 0.6 is 0 Å². The van der Waals surface area contributed by atoms with Crippen molar-refractivity contribution in [1.82, 2.24) is 47.0 Å². The number of guanidine groups is 3. The van der Waals surface area contributed by atoms with Gasteiger partial charge in [0.1, 0.15) is 54.4 Å². The third-order valence-corrected chi connectivity index (χ3v) is 15.5. The van der Waals surface area contributed by atoms with Crippen LogP contribution in [0.25, 0.3) is 0 Å². The molecule has 524 valence electrons. The molecule has 0 spiro atoms. The second-order valence-electron chi connectivity index (χ2n) is 23.7. The van der Waals surface area contributed by atoms with Crippen molar-refractivity contribution in [2.45, 2.75) is 196 Å². The Kier molecular flexibility index (Phi) is 34.6. The largest absolute Gasteiger partial charge is 0.480 e. The number of likely N-dealkylation sites (tertiary alicyclic amines) is 2. The Morgan fingerprint density at radius 3 is 1.32 bits per heavy atom. The van der Waals surface area contributed by atoms with E-state index in [9.17, 15) is 62.6 Å². The zero-order valence-corrected chi connectivity index (χ0v) is 53.8. The summed E-state index contributed by atoms with van der Waals surface area (Å²) in [4.78, 5) is 179. The summed E-state index contributed by atoms with van der Waals surface area (Å²) in [7, 11) is 0. The summed E-state index contributed by atoms with van der Waals surface area (Å²) in [6, 6.07) is -4.80. The van der Waals surface area contributed by atoms with E-state index in [1.54, 1.807) is 30.3 Å². The molecular weight excluding hydrogens is 1220 g/mol. The van der Waals surface area contributed by atoms with Crippen LogP contribution in [0.3, 0.4) is 0 Å². The van der Waals surface area contributed by atoms with E-state index in [1.165, 1.54) is 9.80 Å². The Hall–Kier alpha value is -9.41. The van der Waals surface area contributed by atoms with Crippen molar-refractivity contribution in [3.05, 3.63) is 35.9 Å². The number of hydrogen-bond acceptors (Lipinski definition) is 17. The monoisotopic (exact) mass is 1320 g/mol. The summed E-state index contributed by atoms with van der Waals surface area (Å²) in [5.41, 5.74) is 56.6. The summed E-state index contributed by atoms with van der Waals surface area (Å²) in [6.07, 6.45) is 0.737. The van der Waals surface area contributed by atoms with Crippen LogP contribution in [0.1, 0.15) is 135 Å². The lowest BCUT2D eigenvalue weighted by molar-refractivity contribution is -0.145. The van der Waals surface area contributed by atoms with Crippen molar-refractivity contribution in [2.24, 2.45) is 78.2 Å². The molecule has 2 aliphatic heterocycles. The van der Waals surface area contributed by atoms with Crippen LogP contribution in [-0.2, 0) is 64.0 Å². The van der Waals surface area contributed by atoms with Gasteiger partial charge in [-0.2, -0.15) is 0 Å². The van der Waals surface area contributed by atoms with Gasteiger partial charge in [0, 0.05) is 52.0 Å². The van der Waals surface area contributed by atoms with Gasteiger partial charge in [-0.15, -0.1) is 0 Å². The fourth-order valence-corrected chi connectivity index (χ4v) is 10.7. The molecule has 2 heterocycles. The fraction of sp³-hybridized carbons (Fsp3) is 0.644. The van der Waals surface area contributed by atoms with Crippen LogP contribution in [0.5, 0.6) is 0 Å². The van der Waals surface area contributed by atoms with Crippen molar-refractivity contribution in [1.29, 1.82) is 0 Å². The third-order valence-electron chi connectivity index (χ3n) is 15.5. The molecule has 0 saturated carbocycles. The van der Waals surface area contributed by atoms with E-state index in [2.05, 4.69) is 52.2 Å². The molecule has 94 heavy (non-hydrogen) atoms. The first-order valence-electron chi connectivity index (χ1n) is 31.7. The summed E-state index contributed by atoms with van der Waals surface area (Å²) in [5, 5.41) is 28.4. The van der Waals surface area contributed by atoms with Gasteiger partial charge < -0.3 is 109 Å². The van der Waals surface area contributed by atoms with Crippen molar-refractivity contribution in [2.75, 3.05) is 39.3 Å². The standard InChI is InChI=1S/C59H100N22O13/c1-33(2)31-41(78-47(84)35(61)15-8-26-70-57(64)65)51(88)73-36(17-9-27-71-58(66)67)48(85)76-40(18-10-28-72-59(68)69)55(92)81-30-12-20-44(81)53(90)77-39(16-6-7-25-60)54(91)80-29-11-19-43(80)52(89)75-38(22-24-46(63)83)49(86)74-37(21-23-45(62)82)50(87)79-42(56(93)94)32-34-13-4-3-5-14-34/h3-5,13-14,33,35-44H,6-12,15-32,60-61H2,1-2H3,(H2,62,82)(H2,63,83)(H,73,88)(H,74,86)(H,75,89)(H,76,85)(H,77,90)(H,78,84)(H,79,87)(H,93,94)(H4,64,65,70)(H4,66,67,71)(H4,68,69,72)/t35-,36-,37-,38-,39-,40-,41-,42-,43-,44-/m0/s1. The number of primary amides is 2. The predicted molar refractivity (Wildman–Crippen MR) is 348 cm³/mol. The lowest BCUT2D eigenvalue weighted by atomic mass is 10.0. The topological polar surface area (TPSA) is 613 Å². The van der Waals surface area contributed by atoms with Gasteiger partial charge in [0.2, 0.25) is 65.0 Å². The highest BCUT2D eigenvalue weighted by Gasteiger charge is 2.43. The summed E-state index contributed by atoms with van der Waals surface area (Å²) in [5.74, 6) is -10.9. The first kappa shape index (κ1) is 78.8. The van der Waals surface area contributed by atoms with Gasteiger partial charge in [-0.3, -0.25) is 67.7 Å². The molecule has 35 heteroatoms. The van der Waals surface area contributed by atoms with Gasteiger partial charge in [-0.05, 0) is 121 Å². The molecule has 28 N–H and O–H groups in total. The lowest BCUT2D eigenvalue weighted by Gasteiger charge is -2.32. The minimum atomic E-state index is -1.57. The van der Waals surface area contributed by atoms with Crippen molar-refractivity contribution < 1.29 is 62.6 Å². The molecule has 10 atom stereocenters. The molecule has 1 aromatic rings. The van der Waals surface area contributed by atoms with Crippen LogP contribution in [0.2, 0.25) is 0 Å². The Bertz CT molecular complexity index is 2810. The summed E-state index contributed by atoms with van der Waals surface area (Å²) >= 11 is 0. The van der Waals surface area contributed by atoms with Gasteiger partial charge >= 0.3 is 5.97 Å². The van der Waals surface area contributed by atoms with Gasteiger partial charge in [0.15, 0.2) is 17.9 Å². The van der Waals surface area contributed by atoms with Gasteiger partial charge in [0.25, 0.3) is 0 Å². The Morgan fingerprint density at radius 2 is 0.872 bits per heavy atom. The Balaban J connectivity index is 1.92. The third kappa shape index (κ3) is 28.6. The van der Waals surface area contributed by atoms with E-state index in [1.807, 2.05) is 13.8 Å². The molecule has 35 nitrogen and oxygen atoms in total. The normalized spacial score (nSPS) is 16.8. The second-order valence-corrected chi connectivity index (χ2v) is 23.7. The summed E-state index contributed by atoms with van der Waals surface area (Å²) < 4.78 is 0. The number of unbranched alkanes of at least 4 members (excludes halogenated alkanes) is 1. The van der Waals surface area contributed by atoms with Crippen LogP contribution < -0.4 is 94.6 Å². The maximum absolute atomic E-state index is 14.9. The molecule has 1 aromatic carbocycles. The minimum absolute atomic E-state index is 0.0242. The average Bonchev–Trinajstić information content (AvgIpc) is 1.62. The number of nitrogens with one attached hydrogen (secondary N) is 7. The molecule has 0 aromatic heterocycles. The molecule has 2 aliphatic rings. The minimum Gasteiger partial charge on any atom is -0.480 e. The van der Waals surface area contributed by atoms with E-state index in [-0.39, 0.29) is 134 Å². The molecule has 0 radical (unpaired) electrons. The highest BCUT2D eigenvalue weighted by molar-refractivity contribution is 5.99. The maximum atomic E-state index is 14.9. The number of aliphatic carboxylic acids is 1. The quantitative estimate of drug-likeness (QED) is 0.0164. The first-order chi connectivity index (χ1) is 44.5. The number of carbonyl (C=O) groups is 12. The van der Waals surface area contributed by atoms with Crippen LogP contribution in [0, 0.1) is 5.92 Å². The van der Waals surface area contributed by atoms with E-state index in [0.29, 0.717) is 37.7 Å². The zero-order chi connectivity index (χ0) is 70.0. The lowest BCUT2D eigenvalue weighted by Crippen LogP contribution is -2.60. The van der Waals surface area contributed by atoms with Gasteiger partial charge in [-0.25, -0.2) is 4.79 Å². The van der Waals surface area contributed by atoms with Crippen molar-refractivity contribution in [3.8, 4) is 0 Å².